The molecule has 1 aromatic heterocycles. The van der Waals surface area contributed by atoms with Crippen molar-refractivity contribution in [2.24, 2.45) is 0 Å². The average Bonchev–Trinajstić information content (AvgIpc) is 3.05. The van der Waals surface area contributed by atoms with Gasteiger partial charge in [0.25, 0.3) is 0 Å². The van der Waals surface area contributed by atoms with Gasteiger partial charge in [0, 0.05) is 17.7 Å². The van der Waals surface area contributed by atoms with Gasteiger partial charge in [-0.3, -0.25) is 0 Å². The highest BCUT2D eigenvalue weighted by molar-refractivity contribution is 7.17. The van der Waals surface area contributed by atoms with Gasteiger partial charge in [0.2, 0.25) is 0 Å². The minimum atomic E-state index is -0.0862. The Balaban J connectivity index is 1.97. The summed E-state index contributed by atoms with van der Waals surface area (Å²) in [6.07, 6.45) is 0.648. The molecule has 110 valence electrons. The first-order valence-corrected chi connectivity index (χ1v) is 8.42. The van der Waals surface area contributed by atoms with Gasteiger partial charge in [-0.15, -0.1) is 22.9 Å². The van der Waals surface area contributed by atoms with Crippen molar-refractivity contribution in [2.45, 2.75) is 12.5 Å². The summed E-state index contributed by atoms with van der Waals surface area (Å²) in [5.41, 5.74) is 1.79. The van der Waals surface area contributed by atoms with Crippen molar-refractivity contribution < 1.29 is 4.74 Å². The summed E-state index contributed by atoms with van der Waals surface area (Å²) in [7, 11) is 0. The minimum absolute atomic E-state index is 0.0862. The molecule has 0 aliphatic carbocycles. The number of halogens is 1. The Morgan fingerprint density at radius 2 is 1.95 bits per heavy atom. The van der Waals surface area contributed by atoms with Crippen LogP contribution in [0.4, 0.5) is 0 Å². The first kappa shape index (κ1) is 14.9. The number of fused-ring (bicyclic) bond motifs is 1. The molecule has 0 aliphatic heterocycles. The molecular weight excluding hydrogens is 314 g/mol. The van der Waals surface area contributed by atoms with Crippen molar-refractivity contribution in [2.75, 3.05) is 5.88 Å². The van der Waals surface area contributed by atoms with Gasteiger partial charge in [-0.25, -0.2) is 0 Å². The fourth-order valence-corrected chi connectivity index (χ4v) is 3.52. The number of nitriles is 1. The first-order chi connectivity index (χ1) is 10.8. The Hall–Kier alpha value is -2.02. The van der Waals surface area contributed by atoms with Gasteiger partial charge in [0.05, 0.1) is 16.3 Å². The van der Waals surface area contributed by atoms with E-state index in [1.54, 1.807) is 11.3 Å². The van der Waals surface area contributed by atoms with Crippen LogP contribution < -0.4 is 4.74 Å². The summed E-state index contributed by atoms with van der Waals surface area (Å²) in [6.45, 7) is 0. The number of nitrogens with zero attached hydrogens (tertiary/aromatic N) is 1. The van der Waals surface area contributed by atoms with Crippen molar-refractivity contribution in [1.82, 2.24) is 0 Å². The summed E-state index contributed by atoms with van der Waals surface area (Å²) in [6, 6.07) is 18.0. The summed E-state index contributed by atoms with van der Waals surface area (Å²) < 4.78 is 7.24. The van der Waals surface area contributed by atoms with Crippen molar-refractivity contribution in [3.05, 3.63) is 65.0 Å². The fraction of sp³-hybridized carbons (Fsp3) is 0.167. The summed E-state index contributed by atoms with van der Waals surface area (Å²) in [4.78, 5) is 0. The Morgan fingerprint density at radius 3 is 2.68 bits per heavy atom. The number of alkyl halides is 1. The quantitative estimate of drug-likeness (QED) is 0.578. The van der Waals surface area contributed by atoms with Crippen LogP contribution in [0.1, 0.15) is 23.7 Å². The van der Waals surface area contributed by atoms with Crippen molar-refractivity contribution in [1.29, 1.82) is 5.26 Å². The molecule has 2 aromatic carbocycles. The van der Waals surface area contributed by atoms with E-state index < -0.39 is 0 Å². The molecule has 0 spiro atoms. The molecule has 1 heterocycles. The molecule has 2 nitrogen and oxygen atoms in total. The highest BCUT2D eigenvalue weighted by atomic mass is 35.5. The van der Waals surface area contributed by atoms with E-state index in [4.69, 9.17) is 16.3 Å². The van der Waals surface area contributed by atoms with E-state index in [0.29, 0.717) is 11.4 Å². The maximum Gasteiger partial charge on any atom is 0.138 e. The smallest absolute Gasteiger partial charge is 0.138 e. The molecule has 22 heavy (non-hydrogen) atoms. The van der Waals surface area contributed by atoms with Crippen LogP contribution in [0.25, 0.3) is 10.1 Å². The fourth-order valence-electron chi connectivity index (χ4n) is 2.44. The molecule has 0 saturated carbocycles. The Kier molecular flexibility index (Phi) is 4.62. The SMILES string of the molecule is N#Cc1ccc(OC(CCCl)c2ccccc2)c2sccc12. The Morgan fingerprint density at radius 1 is 1.14 bits per heavy atom. The number of hydrogen-bond acceptors (Lipinski definition) is 3. The molecule has 0 saturated heterocycles. The molecule has 0 aliphatic rings. The molecule has 3 rings (SSSR count). The van der Waals surface area contributed by atoms with Crippen molar-refractivity contribution >= 4 is 33.0 Å². The van der Waals surface area contributed by atoms with Gasteiger partial charge in [-0.2, -0.15) is 5.26 Å². The summed E-state index contributed by atoms with van der Waals surface area (Å²) in [5, 5.41) is 12.1. The lowest BCUT2D eigenvalue weighted by Crippen LogP contribution is -2.08. The minimum Gasteiger partial charge on any atom is -0.484 e. The zero-order valence-electron chi connectivity index (χ0n) is 11.8. The summed E-state index contributed by atoms with van der Waals surface area (Å²) in [5.74, 6) is 1.34. The van der Waals surface area contributed by atoms with Gasteiger partial charge >= 0.3 is 0 Å². The molecule has 4 heteroatoms. The van der Waals surface area contributed by atoms with Gasteiger partial charge in [-0.1, -0.05) is 30.3 Å². The van der Waals surface area contributed by atoms with E-state index in [-0.39, 0.29) is 6.10 Å². The van der Waals surface area contributed by atoms with E-state index in [9.17, 15) is 5.26 Å². The van der Waals surface area contributed by atoms with Crippen molar-refractivity contribution in [3.8, 4) is 11.8 Å². The van der Waals surface area contributed by atoms with Crippen LogP contribution in [0.15, 0.2) is 53.9 Å². The molecule has 3 aromatic rings. The first-order valence-electron chi connectivity index (χ1n) is 7.01. The lowest BCUT2D eigenvalue weighted by Gasteiger charge is -2.19. The molecule has 0 N–H and O–H groups in total. The van der Waals surface area contributed by atoms with Crippen LogP contribution in [-0.4, -0.2) is 5.88 Å². The number of hydrogen-bond donors (Lipinski definition) is 0. The summed E-state index contributed by atoms with van der Waals surface area (Å²) >= 11 is 7.53. The Bertz CT molecular complexity index is 807. The maximum atomic E-state index is 9.19. The second-order valence-electron chi connectivity index (χ2n) is 4.88. The van der Waals surface area contributed by atoms with Gasteiger partial charge < -0.3 is 4.74 Å². The molecule has 0 fully saturated rings. The van der Waals surface area contributed by atoms with Crippen LogP contribution in [-0.2, 0) is 0 Å². The number of benzene rings is 2. The number of thiophene rings is 1. The predicted molar refractivity (Wildman–Crippen MR) is 91.7 cm³/mol. The zero-order chi connectivity index (χ0) is 15.4. The van der Waals surface area contributed by atoms with Crippen LogP contribution in [0.5, 0.6) is 5.75 Å². The van der Waals surface area contributed by atoms with E-state index in [2.05, 4.69) is 6.07 Å². The maximum absolute atomic E-state index is 9.19. The second-order valence-corrected chi connectivity index (χ2v) is 6.18. The van der Waals surface area contributed by atoms with Gasteiger partial charge in [-0.05, 0) is 29.1 Å². The van der Waals surface area contributed by atoms with Crippen LogP contribution in [0.2, 0.25) is 0 Å². The van der Waals surface area contributed by atoms with Crippen molar-refractivity contribution in [3.63, 3.8) is 0 Å². The van der Waals surface area contributed by atoms with Gasteiger partial charge in [0.15, 0.2) is 0 Å². The largest absolute Gasteiger partial charge is 0.484 e. The number of rotatable bonds is 5. The van der Waals surface area contributed by atoms with E-state index in [0.717, 1.165) is 27.8 Å². The van der Waals surface area contributed by atoms with E-state index in [1.807, 2.05) is 53.9 Å². The van der Waals surface area contributed by atoms with Crippen LogP contribution in [0.3, 0.4) is 0 Å². The normalized spacial score (nSPS) is 12.0. The number of ether oxygens (including phenoxy) is 1. The molecule has 0 bridgehead atoms. The lowest BCUT2D eigenvalue weighted by molar-refractivity contribution is 0.205. The lowest BCUT2D eigenvalue weighted by atomic mass is 10.1. The van der Waals surface area contributed by atoms with Gasteiger partial charge in [0.1, 0.15) is 11.9 Å². The third-order valence-electron chi connectivity index (χ3n) is 3.51. The zero-order valence-corrected chi connectivity index (χ0v) is 13.4. The predicted octanol–water partition coefficient (Wildman–Crippen LogP) is 5.52. The molecule has 1 unspecified atom stereocenters. The monoisotopic (exact) mass is 327 g/mol. The highest BCUT2D eigenvalue weighted by Gasteiger charge is 2.16. The van der Waals surface area contributed by atoms with E-state index in [1.165, 1.54) is 0 Å². The average molecular weight is 328 g/mol. The molecule has 1 atom stereocenters. The highest BCUT2D eigenvalue weighted by Crippen LogP contribution is 2.36. The third kappa shape index (κ3) is 2.94. The third-order valence-corrected chi connectivity index (χ3v) is 4.66. The Labute approximate surface area is 138 Å². The van der Waals surface area contributed by atoms with Crippen LogP contribution >= 0.6 is 22.9 Å². The second kappa shape index (κ2) is 6.83. The van der Waals surface area contributed by atoms with E-state index >= 15 is 0 Å². The molecular formula is C18H14ClNOS. The molecule has 0 radical (unpaired) electrons. The van der Waals surface area contributed by atoms with Crippen LogP contribution in [0, 0.1) is 11.3 Å². The molecule has 0 amide bonds. The topological polar surface area (TPSA) is 33.0 Å². The standard InChI is InChI=1S/C18H14ClNOS/c19-10-8-16(13-4-2-1-3-5-13)21-17-7-6-14(12-20)15-9-11-22-18(15)17/h1-7,9,11,16H,8,10H2.